The summed E-state index contributed by atoms with van der Waals surface area (Å²) >= 11 is 1.48. The highest BCUT2D eigenvalue weighted by Crippen LogP contribution is 2.31. The molecule has 122 valence electrons. The van der Waals surface area contributed by atoms with Crippen LogP contribution in [0.2, 0.25) is 0 Å². The average Bonchev–Trinajstić information content (AvgIpc) is 2.98. The van der Waals surface area contributed by atoms with Gasteiger partial charge in [0.2, 0.25) is 0 Å². The minimum absolute atomic E-state index is 0.0604. The van der Waals surface area contributed by atoms with E-state index in [2.05, 4.69) is 4.98 Å². The number of aryl methyl sites for hydroxylation is 1. The Labute approximate surface area is 139 Å². The normalized spacial score (nSPS) is 16.4. The number of rotatable bonds is 4. The van der Waals surface area contributed by atoms with Crippen LogP contribution in [0.4, 0.5) is 0 Å². The Bertz CT molecular complexity index is 699. The van der Waals surface area contributed by atoms with Crippen LogP contribution in [0.15, 0.2) is 29.6 Å². The topological polar surface area (TPSA) is 51.7 Å². The van der Waals surface area contributed by atoms with Crippen molar-refractivity contribution in [2.75, 3.05) is 13.2 Å². The zero-order chi connectivity index (χ0) is 16.4. The van der Waals surface area contributed by atoms with Gasteiger partial charge in [0.15, 0.2) is 17.6 Å². The minimum atomic E-state index is -0.184. The van der Waals surface area contributed by atoms with Crippen molar-refractivity contribution < 1.29 is 14.3 Å². The fourth-order valence-electron chi connectivity index (χ4n) is 2.51. The van der Waals surface area contributed by atoms with E-state index in [1.54, 1.807) is 10.3 Å². The van der Waals surface area contributed by atoms with Crippen molar-refractivity contribution in [3.8, 4) is 11.5 Å². The molecule has 1 aromatic carbocycles. The van der Waals surface area contributed by atoms with Gasteiger partial charge in [-0.25, -0.2) is 4.98 Å². The maximum absolute atomic E-state index is 12.7. The van der Waals surface area contributed by atoms with Gasteiger partial charge < -0.3 is 14.4 Å². The van der Waals surface area contributed by atoms with Crippen LogP contribution in [0.25, 0.3) is 0 Å². The quantitative estimate of drug-likeness (QED) is 0.863. The Morgan fingerprint density at radius 2 is 2.13 bits per heavy atom. The molecule has 0 fully saturated rings. The van der Waals surface area contributed by atoms with Gasteiger partial charge in [-0.2, -0.15) is 0 Å². The summed E-state index contributed by atoms with van der Waals surface area (Å²) in [5.41, 5.74) is 0.498. The first-order chi connectivity index (χ1) is 11.0. The van der Waals surface area contributed by atoms with Gasteiger partial charge in [-0.3, -0.25) is 4.79 Å². The van der Waals surface area contributed by atoms with Gasteiger partial charge in [-0.1, -0.05) is 12.1 Å². The van der Waals surface area contributed by atoms with Crippen LogP contribution in [0.5, 0.6) is 11.5 Å². The van der Waals surface area contributed by atoms with Gasteiger partial charge in [0.05, 0.1) is 11.6 Å². The number of hydrogen-bond acceptors (Lipinski definition) is 5. The molecule has 0 spiro atoms. The number of para-hydroxylation sites is 2. The fourth-order valence-corrected chi connectivity index (χ4v) is 3.10. The summed E-state index contributed by atoms with van der Waals surface area (Å²) in [7, 11) is 0. The van der Waals surface area contributed by atoms with Crippen LogP contribution in [0.3, 0.4) is 0 Å². The summed E-state index contributed by atoms with van der Waals surface area (Å²) in [5, 5.41) is 2.70. The molecule has 23 heavy (non-hydrogen) atoms. The molecule has 0 saturated carbocycles. The number of carbonyl (C=O) groups is 1. The zero-order valence-corrected chi connectivity index (χ0v) is 14.3. The summed E-state index contributed by atoms with van der Waals surface area (Å²) < 4.78 is 11.7. The number of carbonyl (C=O) groups excluding carboxylic acids is 1. The van der Waals surface area contributed by atoms with E-state index in [-0.39, 0.29) is 18.1 Å². The van der Waals surface area contributed by atoms with Crippen molar-refractivity contribution in [3.63, 3.8) is 0 Å². The molecule has 1 aromatic heterocycles. The lowest BCUT2D eigenvalue weighted by Crippen LogP contribution is -2.46. The Kier molecular flexibility index (Phi) is 4.52. The van der Waals surface area contributed by atoms with Crippen LogP contribution in [-0.2, 0) is 0 Å². The predicted molar refractivity (Wildman–Crippen MR) is 89.4 cm³/mol. The average molecular weight is 332 g/mol. The third kappa shape index (κ3) is 3.47. The second kappa shape index (κ2) is 6.58. The Morgan fingerprint density at radius 3 is 2.78 bits per heavy atom. The van der Waals surface area contributed by atoms with Crippen LogP contribution in [0, 0.1) is 6.92 Å². The molecule has 0 aliphatic carbocycles. The molecule has 0 N–H and O–H groups in total. The molecule has 6 heteroatoms. The highest BCUT2D eigenvalue weighted by Gasteiger charge is 2.28. The standard InChI is InChI=1S/C17H20N2O3S/c1-11(2)19(17(20)14-10-23-12(3)18-14)8-13-9-21-15-6-4-5-7-16(15)22-13/h4-7,10-11,13H,8-9H2,1-3H3. The highest BCUT2D eigenvalue weighted by molar-refractivity contribution is 7.09. The molecule has 1 atom stereocenters. The molecule has 1 aliphatic rings. The number of fused-ring (bicyclic) bond motifs is 1. The number of aromatic nitrogens is 1. The van der Waals surface area contributed by atoms with Crippen molar-refractivity contribution >= 4 is 17.2 Å². The van der Waals surface area contributed by atoms with Gasteiger partial charge in [0.1, 0.15) is 12.3 Å². The Balaban J connectivity index is 1.72. The third-order valence-corrected chi connectivity index (χ3v) is 4.46. The fraction of sp³-hybridized carbons (Fsp3) is 0.412. The molecule has 0 bridgehead atoms. The molecular weight excluding hydrogens is 312 g/mol. The summed E-state index contributed by atoms with van der Waals surface area (Å²) in [6.45, 7) is 6.80. The number of ether oxygens (including phenoxy) is 2. The van der Waals surface area contributed by atoms with E-state index in [1.165, 1.54) is 11.3 Å². The van der Waals surface area contributed by atoms with E-state index in [0.717, 1.165) is 16.5 Å². The molecule has 1 amide bonds. The van der Waals surface area contributed by atoms with E-state index in [4.69, 9.17) is 9.47 Å². The SMILES string of the molecule is Cc1nc(C(=O)N(CC2COc3ccccc3O2)C(C)C)cs1. The second-order valence-electron chi connectivity index (χ2n) is 5.80. The summed E-state index contributed by atoms with van der Waals surface area (Å²) in [6.07, 6.45) is -0.184. The molecule has 1 aliphatic heterocycles. The van der Waals surface area contributed by atoms with Crippen molar-refractivity contribution in [1.82, 2.24) is 9.88 Å². The Morgan fingerprint density at radius 1 is 1.39 bits per heavy atom. The second-order valence-corrected chi connectivity index (χ2v) is 6.86. The summed E-state index contributed by atoms with van der Waals surface area (Å²) in [4.78, 5) is 18.8. The lowest BCUT2D eigenvalue weighted by molar-refractivity contribution is 0.0389. The van der Waals surface area contributed by atoms with Crippen LogP contribution >= 0.6 is 11.3 Å². The monoisotopic (exact) mass is 332 g/mol. The first-order valence-corrected chi connectivity index (χ1v) is 8.54. The molecule has 2 heterocycles. The van der Waals surface area contributed by atoms with Crippen LogP contribution in [-0.4, -0.2) is 41.1 Å². The predicted octanol–water partition coefficient (Wildman–Crippen LogP) is 3.14. The van der Waals surface area contributed by atoms with Gasteiger partial charge in [0, 0.05) is 11.4 Å². The zero-order valence-electron chi connectivity index (χ0n) is 13.5. The maximum Gasteiger partial charge on any atom is 0.273 e. The van der Waals surface area contributed by atoms with E-state index in [1.807, 2.05) is 45.0 Å². The number of benzene rings is 1. The van der Waals surface area contributed by atoms with E-state index in [0.29, 0.717) is 18.8 Å². The third-order valence-electron chi connectivity index (χ3n) is 3.69. The van der Waals surface area contributed by atoms with Crippen LogP contribution < -0.4 is 9.47 Å². The summed E-state index contributed by atoms with van der Waals surface area (Å²) in [5.74, 6) is 1.41. The van der Waals surface area contributed by atoms with Gasteiger partial charge in [0.25, 0.3) is 5.91 Å². The maximum atomic E-state index is 12.7. The van der Waals surface area contributed by atoms with Gasteiger partial charge in [-0.15, -0.1) is 11.3 Å². The largest absolute Gasteiger partial charge is 0.486 e. The number of thiazole rings is 1. The van der Waals surface area contributed by atoms with E-state index >= 15 is 0 Å². The van der Waals surface area contributed by atoms with Gasteiger partial charge in [-0.05, 0) is 32.9 Å². The molecular formula is C17H20N2O3S. The van der Waals surface area contributed by atoms with E-state index in [9.17, 15) is 4.79 Å². The van der Waals surface area contributed by atoms with E-state index < -0.39 is 0 Å². The Hall–Kier alpha value is -2.08. The smallest absolute Gasteiger partial charge is 0.273 e. The minimum Gasteiger partial charge on any atom is -0.486 e. The van der Waals surface area contributed by atoms with Crippen molar-refractivity contribution in [1.29, 1.82) is 0 Å². The lowest BCUT2D eigenvalue weighted by Gasteiger charge is -2.33. The molecule has 3 rings (SSSR count). The number of amides is 1. The van der Waals surface area contributed by atoms with Crippen molar-refractivity contribution in [3.05, 3.63) is 40.3 Å². The molecule has 5 nitrogen and oxygen atoms in total. The van der Waals surface area contributed by atoms with Crippen molar-refractivity contribution in [2.24, 2.45) is 0 Å². The van der Waals surface area contributed by atoms with Crippen molar-refractivity contribution in [2.45, 2.75) is 32.9 Å². The highest BCUT2D eigenvalue weighted by atomic mass is 32.1. The molecule has 2 aromatic rings. The number of hydrogen-bond donors (Lipinski definition) is 0. The lowest BCUT2D eigenvalue weighted by atomic mass is 10.2. The molecule has 0 saturated heterocycles. The first kappa shape index (κ1) is 15.8. The first-order valence-electron chi connectivity index (χ1n) is 7.66. The molecule has 1 unspecified atom stereocenters. The van der Waals surface area contributed by atoms with Gasteiger partial charge >= 0.3 is 0 Å². The number of nitrogens with zero attached hydrogens (tertiary/aromatic N) is 2. The van der Waals surface area contributed by atoms with Crippen LogP contribution in [0.1, 0.15) is 29.3 Å². The summed E-state index contributed by atoms with van der Waals surface area (Å²) in [6, 6.07) is 7.65. The molecule has 0 radical (unpaired) electrons.